The molecule has 86 valence electrons. The molecule has 1 amide bonds. The van der Waals surface area contributed by atoms with Gasteiger partial charge < -0.3 is 20.5 Å². The number of aromatic hydroxyl groups is 1. The highest BCUT2D eigenvalue weighted by molar-refractivity contribution is 7.80. The molecule has 1 aromatic rings. The molecule has 1 aromatic carbocycles. The van der Waals surface area contributed by atoms with Crippen LogP contribution in [0.3, 0.4) is 0 Å². The Labute approximate surface area is 98.4 Å². The molecule has 0 aliphatic carbocycles. The van der Waals surface area contributed by atoms with E-state index in [0.29, 0.717) is 11.4 Å². The van der Waals surface area contributed by atoms with Crippen molar-refractivity contribution in [3.8, 4) is 11.5 Å². The fourth-order valence-corrected chi connectivity index (χ4v) is 1.31. The lowest BCUT2D eigenvalue weighted by atomic mass is 10.3. The van der Waals surface area contributed by atoms with Crippen molar-refractivity contribution in [1.29, 1.82) is 0 Å². The van der Waals surface area contributed by atoms with Gasteiger partial charge in [0.15, 0.2) is 5.11 Å². The number of phenols is 1. The van der Waals surface area contributed by atoms with Gasteiger partial charge in [-0.15, -0.1) is 0 Å². The van der Waals surface area contributed by atoms with Crippen LogP contribution in [0.25, 0.3) is 0 Å². The molecule has 0 aromatic heterocycles. The van der Waals surface area contributed by atoms with Gasteiger partial charge in [-0.2, -0.15) is 0 Å². The first-order valence-electron chi connectivity index (χ1n) is 4.48. The zero-order valence-electron chi connectivity index (χ0n) is 8.90. The normalized spacial score (nSPS) is 9.38. The second kappa shape index (κ2) is 5.32. The number of rotatable bonds is 2. The molecular weight excluding hydrogens is 228 g/mol. The number of ether oxygens (including phenoxy) is 1. The summed E-state index contributed by atoms with van der Waals surface area (Å²) in [4.78, 5) is 10.7. The third-order valence-corrected chi connectivity index (χ3v) is 1.95. The van der Waals surface area contributed by atoms with Gasteiger partial charge in [0, 0.05) is 13.0 Å². The number of methoxy groups -OCH3 is 1. The van der Waals surface area contributed by atoms with E-state index in [0.717, 1.165) is 0 Å². The molecule has 3 N–H and O–H groups in total. The molecular formula is C10H12N2O3S. The third kappa shape index (κ3) is 3.39. The zero-order chi connectivity index (χ0) is 12.1. The van der Waals surface area contributed by atoms with Crippen molar-refractivity contribution in [3.63, 3.8) is 0 Å². The van der Waals surface area contributed by atoms with E-state index in [1.165, 1.54) is 20.1 Å². The van der Waals surface area contributed by atoms with E-state index >= 15 is 0 Å². The summed E-state index contributed by atoms with van der Waals surface area (Å²) in [5.74, 6) is 0.319. The fourth-order valence-electron chi connectivity index (χ4n) is 1.06. The van der Waals surface area contributed by atoms with E-state index in [1.807, 2.05) is 0 Å². The van der Waals surface area contributed by atoms with Crippen molar-refractivity contribution in [2.75, 3.05) is 12.4 Å². The van der Waals surface area contributed by atoms with Gasteiger partial charge in [0.1, 0.15) is 11.5 Å². The number of nitrogens with one attached hydrogen (secondary N) is 2. The first-order chi connectivity index (χ1) is 7.52. The number of hydrogen-bond acceptors (Lipinski definition) is 4. The summed E-state index contributed by atoms with van der Waals surface area (Å²) < 4.78 is 4.99. The molecule has 5 nitrogen and oxygen atoms in total. The summed E-state index contributed by atoms with van der Waals surface area (Å²) in [5.41, 5.74) is 0.373. The Morgan fingerprint density at radius 2 is 2.19 bits per heavy atom. The van der Waals surface area contributed by atoms with Gasteiger partial charge >= 0.3 is 0 Å². The van der Waals surface area contributed by atoms with Crippen LogP contribution in [0.15, 0.2) is 18.2 Å². The average Bonchev–Trinajstić information content (AvgIpc) is 2.20. The first kappa shape index (κ1) is 12.3. The maximum atomic E-state index is 10.7. The van der Waals surface area contributed by atoms with Crippen LogP contribution in [0, 0.1) is 0 Å². The number of benzene rings is 1. The molecule has 0 aliphatic heterocycles. The number of hydrogen-bond donors (Lipinski definition) is 3. The van der Waals surface area contributed by atoms with Crippen molar-refractivity contribution < 1.29 is 14.6 Å². The predicted octanol–water partition coefficient (Wildman–Crippen LogP) is 1.23. The Hall–Kier alpha value is -1.82. The van der Waals surface area contributed by atoms with E-state index < -0.39 is 0 Å². The Kier molecular flexibility index (Phi) is 4.07. The number of phenolic OH excluding ortho intramolecular Hbond substituents is 1. The standard InChI is InChI=1S/C10H12N2O3S/c1-6(13)11-10(16)12-8-5-7(15-2)3-4-9(8)14/h3-5,14H,1-2H3,(H2,11,12,13,16). The minimum absolute atomic E-state index is 0.0218. The van der Waals surface area contributed by atoms with Gasteiger partial charge in [0.2, 0.25) is 5.91 Å². The molecule has 0 fully saturated rings. The summed E-state index contributed by atoms with van der Waals surface area (Å²) in [5, 5.41) is 14.7. The van der Waals surface area contributed by atoms with E-state index in [-0.39, 0.29) is 16.8 Å². The summed E-state index contributed by atoms with van der Waals surface area (Å²) in [6.07, 6.45) is 0. The monoisotopic (exact) mass is 240 g/mol. The number of carbonyl (C=O) groups is 1. The minimum Gasteiger partial charge on any atom is -0.506 e. The molecule has 1 rings (SSSR count). The van der Waals surface area contributed by atoms with Crippen molar-refractivity contribution in [3.05, 3.63) is 18.2 Å². The van der Waals surface area contributed by atoms with Gasteiger partial charge in [-0.05, 0) is 24.4 Å². The fraction of sp³-hybridized carbons (Fsp3) is 0.200. The molecule has 0 aliphatic rings. The van der Waals surface area contributed by atoms with Crippen molar-refractivity contribution >= 4 is 28.9 Å². The zero-order valence-corrected chi connectivity index (χ0v) is 9.72. The van der Waals surface area contributed by atoms with Crippen LogP contribution in [0.4, 0.5) is 5.69 Å². The average molecular weight is 240 g/mol. The molecule has 0 bridgehead atoms. The second-order valence-corrected chi connectivity index (χ2v) is 3.43. The molecule has 6 heteroatoms. The topological polar surface area (TPSA) is 70.6 Å². The summed E-state index contributed by atoms with van der Waals surface area (Å²) >= 11 is 4.86. The summed E-state index contributed by atoms with van der Waals surface area (Å²) in [6, 6.07) is 4.66. The second-order valence-electron chi connectivity index (χ2n) is 3.02. The molecule has 0 unspecified atom stereocenters. The van der Waals surface area contributed by atoms with Crippen molar-refractivity contribution in [1.82, 2.24) is 5.32 Å². The van der Waals surface area contributed by atoms with E-state index in [9.17, 15) is 9.90 Å². The van der Waals surface area contributed by atoms with Crippen LogP contribution in [-0.2, 0) is 4.79 Å². The van der Waals surface area contributed by atoms with Crippen LogP contribution < -0.4 is 15.4 Å². The van der Waals surface area contributed by atoms with Gasteiger partial charge in [-0.1, -0.05) is 0 Å². The lowest BCUT2D eigenvalue weighted by Gasteiger charge is -2.10. The SMILES string of the molecule is COc1ccc(O)c(NC(=S)NC(C)=O)c1. The largest absolute Gasteiger partial charge is 0.506 e. The number of amides is 1. The first-order valence-corrected chi connectivity index (χ1v) is 4.89. The molecule has 0 saturated carbocycles. The summed E-state index contributed by atoms with van der Waals surface area (Å²) in [6.45, 7) is 1.35. The molecule has 0 spiro atoms. The van der Waals surface area contributed by atoms with Crippen LogP contribution in [0.2, 0.25) is 0 Å². The summed E-state index contributed by atoms with van der Waals surface area (Å²) in [7, 11) is 1.52. The number of anilines is 1. The molecule has 0 heterocycles. The van der Waals surface area contributed by atoms with Gasteiger partial charge in [-0.3, -0.25) is 4.79 Å². The number of carbonyl (C=O) groups excluding carboxylic acids is 1. The Bertz CT molecular complexity index is 421. The highest BCUT2D eigenvalue weighted by Gasteiger charge is 2.05. The van der Waals surface area contributed by atoms with Gasteiger partial charge in [0.05, 0.1) is 12.8 Å². The van der Waals surface area contributed by atoms with E-state index in [1.54, 1.807) is 12.1 Å². The van der Waals surface area contributed by atoms with E-state index in [4.69, 9.17) is 17.0 Å². The van der Waals surface area contributed by atoms with E-state index in [2.05, 4.69) is 10.6 Å². The minimum atomic E-state index is -0.278. The predicted molar refractivity (Wildman–Crippen MR) is 64.7 cm³/mol. The lowest BCUT2D eigenvalue weighted by molar-refractivity contribution is -0.117. The van der Waals surface area contributed by atoms with Crippen molar-refractivity contribution in [2.24, 2.45) is 0 Å². The Morgan fingerprint density at radius 3 is 2.75 bits per heavy atom. The maximum Gasteiger partial charge on any atom is 0.222 e. The third-order valence-electron chi connectivity index (χ3n) is 1.74. The lowest BCUT2D eigenvalue weighted by Crippen LogP contribution is -2.32. The quantitative estimate of drug-likeness (QED) is 0.536. The van der Waals surface area contributed by atoms with Crippen LogP contribution in [0.5, 0.6) is 11.5 Å². The van der Waals surface area contributed by atoms with Crippen LogP contribution in [-0.4, -0.2) is 23.2 Å². The van der Waals surface area contributed by atoms with Gasteiger partial charge in [-0.25, -0.2) is 0 Å². The Morgan fingerprint density at radius 1 is 1.50 bits per heavy atom. The van der Waals surface area contributed by atoms with Crippen molar-refractivity contribution in [2.45, 2.75) is 6.92 Å². The van der Waals surface area contributed by atoms with Gasteiger partial charge in [0.25, 0.3) is 0 Å². The molecule has 0 atom stereocenters. The molecule has 16 heavy (non-hydrogen) atoms. The van der Waals surface area contributed by atoms with Crippen LogP contribution in [0.1, 0.15) is 6.92 Å². The highest BCUT2D eigenvalue weighted by Crippen LogP contribution is 2.27. The Balaban J connectivity index is 2.79. The molecule has 0 radical (unpaired) electrons. The van der Waals surface area contributed by atoms with Crippen LogP contribution >= 0.6 is 12.2 Å². The highest BCUT2D eigenvalue weighted by atomic mass is 32.1. The maximum absolute atomic E-state index is 10.7. The molecule has 0 saturated heterocycles. The smallest absolute Gasteiger partial charge is 0.222 e. The number of thiocarbonyl (C=S) groups is 1.